The van der Waals surface area contributed by atoms with E-state index in [1.165, 1.54) is 7.11 Å². The topological polar surface area (TPSA) is 51.5 Å². The van der Waals surface area contributed by atoms with Crippen LogP contribution in [0.1, 0.15) is 21.9 Å². The summed E-state index contributed by atoms with van der Waals surface area (Å²) in [5.74, 6) is 0.339. The lowest BCUT2D eigenvalue weighted by Crippen LogP contribution is -2.00. The van der Waals surface area contributed by atoms with Gasteiger partial charge >= 0.3 is 5.97 Å². The molecule has 0 aliphatic rings. The average molecular weight is 280 g/mol. The molecule has 100 valence electrons. The normalized spacial score (nSPS) is 10.3. The van der Waals surface area contributed by atoms with E-state index in [2.05, 4.69) is 10.1 Å². The molecule has 5 heteroatoms. The number of nitrogens with one attached hydrogen (secondary N) is 1. The molecule has 4 nitrogen and oxygen atoms in total. The highest BCUT2D eigenvalue weighted by Gasteiger charge is 2.11. The van der Waals surface area contributed by atoms with Crippen molar-refractivity contribution in [3.8, 4) is 0 Å². The summed E-state index contributed by atoms with van der Waals surface area (Å²) in [5.41, 5.74) is 1.92. The molecule has 0 amide bonds. The van der Waals surface area contributed by atoms with Crippen LogP contribution in [-0.4, -0.2) is 13.1 Å². The molecule has 0 fully saturated rings. The maximum Gasteiger partial charge on any atom is 0.373 e. The lowest BCUT2D eigenvalue weighted by Gasteiger charge is -2.07. The van der Waals surface area contributed by atoms with Crippen molar-refractivity contribution in [3.05, 3.63) is 52.4 Å². The number of aryl methyl sites for hydroxylation is 1. The van der Waals surface area contributed by atoms with E-state index >= 15 is 0 Å². The van der Waals surface area contributed by atoms with Gasteiger partial charge in [0.25, 0.3) is 0 Å². The SMILES string of the molecule is COC(=O)c1ccc(CNc2ccc(C)cc2Cl)o1. The predicted molar refractivity (Wildman–Crippen MR) is 73.6 cm³/mol. The van der Waals surface area contributed by atoms with E-state index in [0.29, 0.717) is 17.3 Å². The molecule has 0 aliphatic heterocycles. The molecule has 19 heavy (non-hydrogen) atoms. The molecule has 0 spiro atoms. The van der Waals surface area contributed by atoms with Gasteiger partial charge in [0, 0.05) is 0 Å². The van der Waals surface area contributed by atoms with Crippen LogP contribution in [0.2, 0.25) is 5.02 Å². The molecule has 1 N–H and O–H groups in total. The second kappa shape index (κ2) is 5.80. The van der Waals surface area contributed by atoms with Gasteiger partial charge in [0.1, 0.15) is 5.76 Å². The molecule has 1 aromatic heterocycles. The lowest BCUT2D eigenvalue weighted by molar-refractivity contribution is 0.0563. The summed E-state index contributed by atoms with van der Waals surface area (Å²) in [7, 11) is 1.31. The fraction of sp³-hybridized carbons (Fsp3) is 0.214. The molecule has 0 saturated carbocycles. The van der Waals surface area contributed by atoms with Crippen molar-refractivity contribution in [1.29, 1.82) is 0 Å². The van der Waals surface area contributed by atoms with Gasteiger partial charge in [-0.1, -0.05) is 17.7 Å². The van der Waals surface area contributed by atoms with Gasteiger partial charge in [-0.2, -0.15) is 0 Å². The Labute approximate surface area is 116 Å². The van der Waals surface area contributed by atoms with Crippen LogP contribution in [-0.2, 0) is 11.3 Å². The van der Waals surface area contributed by atoms with Gasteiger partial charge in [0.05, 0.1) is 24.4 Å². The van der Waals surface area contributed by atoms with Crippen molar-refractivity contribution in [3.63, 3.8) is 0 Å². The number of hydrogen-bond donors (Lipinski definition) is 1. The number of carbonyl (C=O) groups excluding carboxylic acids is 1. The van der Waals surface area contributed by atoms with Crippen LogP contribution in [0.25, 0.3) is 0 Å². The average Bonchev–Trinajstić information content (AvgIpc) is 2.85. The molecule has 0 atom stereocenters. The Bertz CT molecular complexity index is 592. The smallest absolute Gasteiger partial charge is 0.373 e. The van der Waals surface area contributed by atoms with E-state index in [-0.39, 0.29) is 5.76 Å². The van der Waals surface area contributed by atoms with Gasteiger partial charge in [-0.25, -0.2) is 4.79 Å². The van der Waals surface area contributed by atoms with Crippen LogP contribution >= 0.6 is 11.6 Å². The number of ether oxygens (including phenoxy) is 1. The number of benzene rings is 1. The van der Waals surface area contributed by atoms with Crippen LogP contribution in [0.3, 0.4) is 0 Å². The highest BCUT2D eigenvalue weighted by atomic mass is 35.5. The van der Waals surface area contributed by atoms with Crippen LogP contribution in [0.5, 0.6) is 0 Å². The zero-order chi connectivity index (χ0) is 13.8. The molecule has 1 heterocycles. The molecule has 1 aromatic carbocycles. The molecule has 2 aromatic rings. The number of methoxy groups -OCH3 is 1. The Hall–Kier alpha value is -1.94. The first-order valence-corrected chi connectivity index (χ1v) is 6.15. The Morgan fingerprint density at radius 3 is 2.84 bits per heavy atom. The predicted octanol–water partition coefficient (Wildman–Crippen LogP) is 3.64. The third kappa shape index (κ3) is 3.29. The van der Waals surface area contributed by atoms with Crippen LogP contribution in [0.4, 0.5) is 5.69 Å². The van der Waals surface area contributed by atoms with Crippen molar-refractivity contribution < 1.29 is 13.9 Å². The third-order valence-corrected chi connectivity index (χ3v) is 2.94. The van der Waals surface area contributed by atoms with Gasteiger partial charge in [-0.3, -0.25) is 0 Å². The zero-order valence-corrected chi connectivity index (χ0v) is 11.5. The third-order valence-electron chi connectivity index (χ3n) is 2.63. The van der Waals surface area contributed by atoms with Crippen LogP contribution in [0, 0.1) is 6.92 Å². The number of anilines is 1. The van der Waals surface area contributed by atoms with Crippen molar-refractivity contribution in [2.24, 2.45) is 0 Å². The number of rotatable bonds is 4. The highest BCUT2D eigenvalue weighted by molar-refractivity contribution is 6.33. The zero-order valence-electron chi connectivity index (χ0n) is 10.7. The molecular formula is C14H14ClNO3. The minimum absolute atomic E-state index is 0.189. The Morgan fingerprint density at radius 2 is 2.16 bits per heavy atom. The number of carbonyl (C=O) groups is 1. The monoisotopic (exact) mass is 279 g/mol. The summed E-state index contributed by atoms with van der Waals surface area (Å²) < 4.78 is 9.91. The van der Waals surface area contributed by atoms with Gasteiger partial charge in [-0.05, 0) is 36.8 Å². The largest absolute Gasteiger partial charge is 0.463 e. The van der Waals surface area contributed by atoms with Gasteiger partial charge in [-0.15, -0.1) is 0 Å². The van der Waals surface area contributed by atoms with E-state index in [9.17, 15) is 4.79 Å². The number of hydrogen-bond acceptors (Lipinski definition) is 4. The van der Waals surface area contributed by atoms with E-state index in [1.54, 1.807) is 12.1 Å². The van der Waals surface area contributed by atoms with Crippen molar-refractivity contribution in [2.45, 2.75) is 13.5 Å². The molecular weight excluding hydrogens is 266 g/mol. The minimum atomic E-state index is -0.486. The summed E-state index contributed by atoms with van der Waals surface area (Å²) in [5, 5.41) is 3.80. The van der Waals surface area contributed by atoms with Gasteiger partial charge in [0.15, 0.2) is 0 Å². The van der Waals surface area contributed by atoms with E-state index in [0.717, 1.165) is 11.3 Å². The summed E-state index contributed by atoms with van der Waals surface area (Å²) >= 11 is 6.11. The second-order valence-corrected chi connectivity index (χ2v) is 4.50. The summed E-state index contributed by atoms with van der Waals surface area (Å²) in [6, 6.07) is 9.06. The molecule has 0 aliphatic carbocycles. The summed E-state index contributed by atoms with van der Waals surface area (Å²) in [6.45, 7) is 2.42. The van der Waals surface area contributed by atoms with Crippen LogP contribution < -0.4 is 5.32 Å². The first kappa shape index (κ1) is 13.5. The van der Waals surface area contributed by atoms with E-state index in [1.807, 2.05) is 25.1 Å². The van der Waals surface area contributed by atoms with Crippen LogP contribution in [0.15, 0.2) is 34.7 Å². The van der Waals surface area contributed by atoms with E-state index in [4.69, 9.17) is 16.0 Å². The van der Waals surface area contributed by atoms with E-state index < -0.39 is 5.97 Å². The number of esters is 1. The first-order valence-electron chi connectivity index (χ1n) is 5.77. The number of furan rings is 1. The Kier molecular flexibility index (Phi) is 4.12. The maximum absolute atomic E-state index is 11.2. The van der Waals surface area contributed by atoms with Crippen molar-refractivity contribution >= 4 is 23.3 Å². The first-order chi connectivity index (χ1) is 9.10. The summed E-state index contributed by atoms with van der Waals surface area (Å²) in [4.78, 5) is 11.2. The fourth-order valence-electron chi connectivity index (χ4n) is 1.63. The maximum atomic E-state index is 11.2. The quantitative estimate of drug-likeness (QED) is 0.868. The molecule has 0 unspecified atom stereocenters. The molecule has 0 bridgehead atoms. The molecule has 0 radical (unpaired) electrons. The van der Waals surface area contributed by atoms with Gasteiger partial charge < -0.3 is 14.5 Å². The second-order valence-electron chi connectivity index (χ2n) is 4.09. The Morgan fingerprint density at radius 1 is 1.37 bits per heavy atom. The standard InChI is InChI=1S/C14H14ClNO3/c1-9-3-5-12(11(15)7-9)16-8-10-4-6-13(19-10)14(17)18-2/h3-7,16H,8H2,1-2H3. The Balaban J connectivity index is 2.02. The van der Waals surface area contributed by atoms with Crippen molar-refractivity contribution in [2.75, 3.05) is 12.4 Å². The van der Waals surface area contributed by atoms with Gasteiger partial charge in [0.2, 0.25) is 5.76 Å². The lowest BCUT2D eigenvalue weighted by atomic mass is 10.2. The minimum Gasteiger partial charge on any atom is -0.463 e. The fourth-order valence-corrected chi connectivity index (χ4v) is 1.93. The molecule has 2 rings (SSSR count). The molecule has 0 saturated heterocycles. The highest BCUT2D eigenvalue weighted by Crippen LogP contribution is 2.23. The summed E-state index contributed by atoms with van der Waals surface area (Å²) in [6.07, 6.45) is 0. The van der Waals surface area contributed by atoms with Crippen molar-refractivity contribution in [1.82, 2.24) is 0 Å². The number of halogens is 1.